The smallest absolute Gasteiger partial charge is 0.340 e. The molecule has 2 aromatic rings. The van der Waals surface area contributed by atoms with Crippen molar-refractivity contribution >= 4 is 17.6 Å². The van der Waals surface area contributed by atoms with Gasteiger partial charge in [0.15, 0.2) is 6.61 Å². The molecule has 28 heavy (non-hydrogen) atoms. The first-order chi connectivity index (χ1) is 13.3. The minimum atomic E-state index is -0.886. The van der Waals surface area contributed by atoms with Crippen LogP contribution in [0.25, 0.3) is 0 Å². The molecule has 1 aliphatic carbocycles. The predicted octanol–water partition coefficient (Wildman–Crippen LogP) is 1.32. The number of nitrogens with one attached hydrogen (secondary N) is 1. The van der Waals surface area contributed by atoms with E-state index in [9.17, 15) is 19.2 Å². The zero-order valence-electron chi connectivity index (χ0n) is 16.2. The van der Waals surface area contributed by atoms with Crippen molar-refractivity contribution in [3.63, 3.8) is 0 Å². The van der Waals surface area contributed by atoms with E-state index in [1.165, 1.54) is 0 Å². The minimum absolute atomic E-state index is 0.219. The molecule has 0 amide bonds. The summed E-state index contributed by atoms with van der Waals surface area (Å²) in [6.07, 6.45) is 2.76. The van der Waals surface area contributed by atoms with Gasteiger partial charge in [0.25, 0.3) is 5.56 Å². The average molecular weight is 388 g/mol. The average Bonchev–Trinajstić information content (AvgIpc) is 3.41. The van der Waals surface area contributed by atoms with Crippen LogP contribution in [0.15, 0.2) is 15.7 Å². The number of nitrogen functional groups attached to an aromatic ring is 1. The highest BCUT2D eigenvalue weighted by atomic mass is 16.5. The molecule has 0 atom stereocenters. The molecule has 3 rings (SSSR count). The first-order valence-electron chi connectivity index (χ1n) is 9.27. The highest BCUT2D eigenvalue weighted by molar-refractivity contribution is 6.02. The SMILES string of the molecule is CCCn1c(N)c(C(=O)COC(=O)c2cc(C)n(C3CC3)c2C)c(=O)[nH]c1=O. The number of ether oxygens (including phenoxy) is 1. The van der Waals surface area contributed by atoms with Crippen LogP contribution in [-0.4, -0.2) is 32.5 Å². The monoisotopic (exact) mass is 388 g/mol. The van der Waals surface area contributed by atoms with Crippen LogP contribution in [0.4, 0.5) is 5.82 Å². The summed E-state index contributed by atoms with van der Waals surface area (Å²) in [5.41, 5.74) is 6.08. The summed E-state index contributed by atoms with van der Waals surface area (Å²) in [6.45, 7) is 5.22. The number of carbonyl (C=O) groups excluding carboxylic acids is 2. The van der Waals surface area contributed by atoms with E-state index in [-0.39, 0.29) is 17.9 Å². The number of H-pyrrole nitrogens is 1. The third-order valence-electron chi connectivity index (χ3n) is 4.92. The number of hydrogen-bond acceptors (Lipinski definition) is 6. The third kappa shape index (κ3) is 3.51. The van der Waals surface area contributed by atoms with Crippen LogP contribution in [0.5, 0.6) is 0 Å². The Morgan fingerprint density at radius 2 is 1.96 bits per heavy atom. The highest BCUT2D eigenvalue weighted by Crippen LogP contribution is 2.38. The Morgan fingerprint density at radius 1 is 1.29 bits per heavy atom. The molecule has 1 saturated carbocycles. The quantitative estimate of drug-likeness (QED) is 0.544. The molecule has 1 aliphatic rings. The first kappa shape index (κ1) is 19.7. The number of rotatable bonds is 7. The molecule has 1 fully saturated rings. The largest absolute Gasteiger partial charge is 0.454 e. The van der Waals surface area contributed by atoms with E-state index >= 15 is 0 Å². The fourth-order valence-electron chi connectivity index (χ4n) is 3.46. The van der Waals surface area contributed by atoms with Crippen molar-refractivity contribution in [2.24, 2.45) is 0 Å². The van der Waals surface area contributed by atoms with E-state index in [4.69, 9.17) is 10.5 Å². The highest BCUT2D eigenvalue weighted by Gasteiger charge is 2.29. The van der Waals surface area contributed by atoms with Crippen LogP contribution in [0.3, 0.4) is 0 Å². The van der Waals surface area contributed by atoms with Crippen molar-refractivity contribution in [2.45, 2.75) is 52.6 Å². The molecule has 0 aromatic carbocycles. The lowest BCUT2D eigenvalue weighted by atomic mass is 10.2. The van der Waals surface area contributed by atoms with Gasteiger partial charge in [0.05, 0.1) is 5.56 Å². The molecule has 9 heteroatoms. The molecule has 0 saturated heterocycles. The summed E-state index contributed by atoms with van der Waals surface area (Å²) in [5, 5.41) is 0. The van der Waals surface area contributed by atoms with Crippen molar-refractivity contribution in [1.82, 2.24) is 14.1 Å². The predicted molar refractivity (Wildman–Crippen MR) is 103 cm³/mol. The van der Waals surface area contributed by atoms with Crippen molar-refractivity contribution in [3.8, 4) is 0 Å². The fourth-order valence-corrected chi connectivity index (χ4v) is 3.46. The lowest BCUT2D eigenvalue weighted by Crippen LogP contribution is -2.37. The molecule has 2 heterocycles. The number of aromatic amines is 1. The Bertz CT molecular complexity index is 1060. The topological polar surface area (TPSA) is 129 Å². The summed E-state index contributed by atoms with van der Waals surface area (Å²) in [7, 11) is 0. The van der Waals surface area contributed by atoms with Crippen LogP contribution in [-0.2, 0) is 11.3 Å². The van der Waals surface area contributed by atoms with Gasteiger partial charge >= 0.3 is 11.7 Å². The Morgan fingerprint density at radius 3 is 2.57 bits per heavy atom. The van der Waals surface area contributed by atoms with Gasteiger partial charge in [0, 0.05) is 24.0 Å². The van der Waals surface area contributed by atoms with Gasteiger partial charge in [-0.05, 0) is 39.2 Å². The molecule has 9 nitrogen and oxygen atoms in total. The van der Waals surface area contributed by atoms with Gasteiger partial charge in [-0.2, -0.15) is 0 Å². The van der Waals surface area contributed by atoms with Crippen LogP contribution in [0, 0.1) is 13.8 Å². The van der Waals surface area contributed by atoms with E-state index in [1.807, 2.05) is 20.8 Å². The van der Waals surface area contributed by atoms with Crippen LogP contribution in [0.1, 0.15) is 64.3 Å². The van der Waals surface area contributed by atoms with E-state index in [1.54, 1.807) is 6.07 Å². The first-order valence-corrected chi connectivity index (χ1v) is 9.27. The fraction of sp³-hybridized carbons (Fsp3) is 0.474. The molecule has 0 bridgehead atoms. The van der Waals surface area contributed by atoms with Crippen LogP contribution in [0.2, 0.25) is 0 Å². The van der Waals surface area contributed by atoms with Crippen molar-refractivity contribution in [1.29, 1.82) is 0 Å². The number of esters is 1. The summed E-state index contributed by atoms with van der Waals surface area (Å²) in [4.78, 5) is 50.9. The molecular weight excluding hydrogens is 364 g/mol. The summed E-state index contributed by atoms with van der Waals surface area (Å²) in [5.74, 6) is -1.61. The van der Waals surface area contributed by atoms with Gasteiger partial charge in [-0.3, -0.25) is 19.1 Å². The molecule has 0 radical (unpaired) electrons. The molecule has 0 spiro atoms. The van der Waals surface area contributed by atoms with Crippen molar-refractivity contribution in [2.75, 3.05) is 12.3 Å². The van der Waals surface area contributed by atoms with E-state index in [2.05, 4.69) is 9.55 Å². The van der Waals surface area contributed by atoms with Crippen molar-refractivity contribution in [3.05, 3.63) is 49.4 Å². The summed E-state index contributed by atoms with van der Waals surface area (Å²) in [6, 6.07) is 2.16. The lowest BCUT2D eigenvalue weighted by molar-refractivity contribution is 0.0473. The molecule has 0 unspecified atom stereocenters. The Labute approximate surface area is 161 Å². The number of nitrogens with two attached hydrogens (primary N) is 1. The van der Waals surface area contributed by atoms with Gasteiger partial charge in [-0.15, -0.1) is 0 Å². The van der Waals surface area contributed by atoms with E-state index in [0.717, 1.165) is 28.8 Å². The second kappa shape index (κ2) is 7.49. The number of Topliss-reactive ketones (excluding diaryl/α,β-unsaturated/α-hetero) is 1. The van der Waals surface area contributed by atoms with Crippen LogP contribution < -0.4 is 17.0 Å². The maximum Gasteiger partial charge on any atom is 0.340 e. The standard InChI is InChI=1S/C19H24N4O5/c1-4-7-22-16(20)15(17(25)21-19(22)27)14(24)9-28-18(26)13-8-10(2)23(11(13)3)12-5-6-12/h8,12H,4-7,9,20H2,1-3H3,(H,21,25,27). The maximum absolute atomic E-state index is 12.5. The summed E-state index contributed by atoms with van der Waals surface area (Å²) >= 11 is 0. The molecule has 3 N–H and O–H groups in total. The number of anilines is 1. The summed E-state index contributed by atoms with van der Waals surface area (Å²) < 4.78 is 8.36. The number of aryl methyl sites for hydroxylation is 1. The number of ketones is 1. The lowest BCUT2D eigenvalue weighted by Gasteiger charge is -2.11. The molecule has 0 aliphatic heterocycles. The number of hydrogen-bond donors (Lipinski definition) is 2. The molecule has 150 valence electrons. The van der Waals surface area contributed by atoms with Gasteiger partial charge in [-0.25, -0.2) is 9.59 Å². The molecule has 2 aromatic heterocycles. The van der Waals surface area contributed by atoms with E-state index < -0.39 is 29.6 Å². The normalized spacial score (nSPS) is 13.5. The number of nitrogens with zero attached hydrogens (tertiary/aromatic N) is 2. The van der Waals surface area contributed by atoms with Gasteiger partial charge in [0.1, 0.15) is 11.4 Å². The van der Waals surface area contributed by atoms with E-state index in [0.29, 0.717) is 18.0 Å². The van der Waals surface area contributed by atoms with Gasteiger partial charge in [-0.1, -0.05) is 6.92 Å². The second-order valence-corrected chi connectivity index (χ2v) is 7.06. The Kier molecular flexibility index (Phi) is 5.26. The van der Waals surface area contributed by atoms with Gasteiger partial charge < -0.3 is 15.0 Å². The zero-order valence-corrected chi connectivity index (χ0v) is 16.2. The van der Waals surface area contributed by atoms with Gasteiger partial charge in [0.2, 0.25) is 5.78 Å². The van der Waals surface area contributed by atoms with Crippen molar-refractivity contribution < 1.29 is 14.3 Å². The second-order valence-electron chi connectivity index (χ2n) is 7.06. The third-order valence-corrected chi connectivity index (χ3v) is 4.92. The number of aromatic nitrogens is 3. The number of carbonyl (C=O) groups is 2. The zero-order chi connectivity index (χ0) is 20.6. The Balaban J connectivity index is 1.79. The molecular formula is C19H24N4O5. The maximum atomic E-state index is 12.5. The van der Waals surface area contributed by atoms with Crippen LogP contribution >= 0.6 is 0 Å². The Hall–Kier alpha value is -3.10. The minimum Gasteiger partial charge on any atom is -0.454 e.